The zero-order valence-electron chi connectivity index (χ0n) is 16.7. The molecule has 0 spiro atoms. The van der Waals surface area contributed by atoms with Crippen LogP contribution in [-0.2, 0) is 0 Å². The molecule has 0 aliphatic heterocycles. The maximum Gasteiger partial charge on any atom is 0.335 e. The number of aromatic carboxylic acids is 1. The zero-order valence-corrected chi connectivity index (χ0v) is 16.7. The van der Waals surface area contributed by atoms with Gasteiger partial charge in [0.2, 0.25) is 0 Å². The van der Waals surface area contributed by atoms with E-state index in [1.165, 1.54) is 11.6 Å². The van der Waals surface area contributed by atoms with Crippen LogP contribution in [0.1, 0.15) is 32.6 Å². The summed E-state index contributed by atoms with van der Waals surface area (Å²) >= 11 is 0. The van der Waals surface area contributed by atoms with Gasteiger partial charge in [-0.05, 0) is 74.4 Å². The Labute approximate surface area is 170 Å². The van der Waals surface area contributed by atoms with Crippen molar-refractivity contribution in [1.82, 2.24) is 0 Å². The minimum Gasteiger partial charge on any atom is -0.478 e. The minimum absolute atomic E-state index is 0.179. The standard InChI is InChI=1S/C25H22O4/c1-17-6-9-20(10-7-17)5-4-12-28-24-15-18(2)8-11-23(24)29-22-14-19(3)13-21(16-22)25(26)27/h6-11,13-16H,12H2,1-3H3,(H,26,27). The van der Waals surface area contributed by atoms with E-state index in [4.69, 9.17) is 9.47 Å². The number of rotatable bonds is 5. The van der Waals surface area contributed by atoms with Gasteiger partial charge in [-0.3, -0.25) is 0 Å². The van der Waals surface area contributed by atoms with Crippen LogP contribution in [0.3, 0.4) is 0 Å². The van der Waals surface area contributed by atoms with Crippen molar-refractivity contribution in [2.24, 2.45) is 0 Å². The normalized spacial score (nSPS) is 10.0. The van der Waals surface area contributed by atoms with Gasteiger partial charge < -0.3 is 14.6 Å². The van der Waals surface area contributed by atoms with E-state index in [0.29, 0.717) is 17.2 Å². The highest BCUT2D eigenvalue weighted by atomic mass is 16.5. The second-order valence-corrected chi connectivity index (χ2v) is 6.85. The summed E-state index contributed by atoms with van der Waals surface area (Å²) in [4.78, 5) is 11.3. The number of carboxylic acids is 1. The molecule has 3 aromatic carbocycles. The summed E-state index contributed by atoms with van der Waals surface area (Å²) in [7, 11) is 0. The first kappa shape index (κ1) is 20.0. The first-order valence-electron chi connectivity index (χ1n) is 9.22. The highest BCUT2D eigenvalue weighted by Gasteiger charge is 2.10. The van der Waals surface area contributed by atoms with Gasteiger partial charge in [-0.15, -0.1) is 0 Å². The van der Waals surface area contributed by atoms with E-state index in [2.05, 4.69) is 11.8 Å². The van der Waals surface area contributed by atoms with E-state index in [1.807, 2.05) is 57.2 Å². The van der Waals surface area contributed by atoms with Gasteiger partial charge in [-0.1, -0.05) is 35.6 Å². The summed E-state index contributed by atoms with van der Waals surface area (Å²) in [6, 6.07) is 18.5. The van der Waals surface area contributed by atoms with Gasteiger partial charge >= 0.3 is 5.97 Å². The van der Waals surface area contributed by atoms with Crippen LogP contribution < -0.4 is 9.47 Å². The van der Waals surface area contributed by atoms with Crippen molar-refractivity contribution < 1.29 is 19.4 Å². The van der Waals surface area contributed by atoms with Crippen molar-refractivity contribution in [2.75, 3.05) is 6.61 Å². The lowest BCUT2D eigenvalue weighted by Crippen LogP contribution is -2.00. The van der Waals surface area contributed by atoms with E-state index >= 15 is 0 Å². The fourth-order valence-electron chi connectivity index (χ4n) is 2.76. The van der Waals surface area contributed by atoms with Crippen LogP contribution in [0, 0.1) is 32.6 Å². The number of aryl methyl sites for hydroxylation is 3. The van der Waals surface area contributed by atoms with E-state index in [9.17, 15) is 9.90 Å². The quantitative estimate of drug-likeness (QED) is 0.586. The minimum atomic E-state index is -0.995. The molecule has 0 saturated carbocycles. The zero-order chi connectivity index (χ0) is 20.8. The predicted molar refractivity (Wildman–Crippen MR) is 113 cm³/mol. The molecule has 0 heterocycles. The summed E-state index contributed by atoms with van der Waals surface area (Å²) in [6.45, 7) is 6.03. The summed E-state index contributed by atoms with van der Waals surface area (Å²) in [5.41, 5.74) is 4.13. The third-order valence-electron chi connectivity index (χ3n) is 4.21. The average molecular weight is 386 g/mol. The van der Waals surface area contributed by atoms with Crippen molar-refractivity contribution in [2.45, 2.75) is 20.8 Å². The molecule has 29 heavy (non-hydrogen) atoms. The Bertz CT molecular complexity index is 1090. The summed E-state index contributed by atoms with van der Waals surface area (Å²) < 4.78 is 11.8. The van der Waals surface area contributed by atoms with Gasteiger partial charge in [0.15, 0.2) is 11.5 Å². The Hall–Kier alpha value is -3.71. The van der Waals surface area contributed by atoms with Crippen molar-refractivity contribution in [1.29, 1.82) is 0 Å². The van der Waals surface area contributed by atoms with Crippen LogP contribution in [0.15, 0.2) is 60.7 Å². The smallest absolute Gasteiger partial charge is 0.335 e. The number of carboxylic acid groups (broad SMARTS) is 1. The Morgan fingerprint density at radius 1 is 0.862 bits per heavy atom. The fraction of sp³-hybridized carbons (Fsp3) is 0.160. The number of benzene rings is 3. The molecule has 0 unspecified atom stereocenters. The highest BCUT2D eigenvalue weighted by molar-refractivity contribution is 5.88. The first-order chi connectivity index (χ1) is 13.9. The molecule has 0 aromatic heterocycles. The third-order valence-corrected chi connectivity index (χ3v) is 4.21. The van der Waals surface area contributed by atoms with Crippen LogP contribution in [0.25, 0.3) is 0 Å². The topological polar surface area (TPSA) is 55.8 Å². The lowest BCUT2D eigenvalue weighted by Gasteiger charge is -2.13. The van der Waals surface area contributed by atoms with Crippen LogP contribution in [0.5, 0.6) is 17.2 Å². The molecule has 146 valence electrons. The second-order valence-electron chi connectivity index (χ2n) is 6.85. The van der Waals surface area contributed by atoms with Gasteiger partial charge in [0.05, 0.1) is 5.56 Å². The van der Waals surface area contributed by atoms with Crippen LogP contribution in [-0.4, -0.2) is 17.7 Å². The lowest BCUT2D eigenvalue weighted by atomic mass is 10.1. The monoisotopic (exact) mass is 386 g/mol. The lowest BCUT2D eigenvalue weighted by molar-refractivity contribution is 0.0696. The van der Waals surface area contributed by atoms with Gasteiger partial charge in [-0.2, -0.15) is 0 Å². The van der Waals surface area contributed by atoms with Gasteiger partial charge in [-0.25, -0.2) is 4.79 Å². The molecule has 0 bridgehead atoms. The molecule has 4 heteroatoms. The molecule has 0 amide bonds. The van der Waals surface area contributed by atoms with Crippen LogP contribution >= 0.6 is 0 Å². The predicted octanol–water partition coefficient (Wildman–Crippen LogP) is 5.53. The molecular weight excluding hydrogens is 364 g/mol. The van der Waals surface area contributed by atoms with Gasteiger partial charge in [0, 0.05) is 5.56 Å². The molecule has 3 rings (SSSR count). The molecule has 0 aliphatic rings. The number of carbonyl (C=O) groups is 1. The Morgan fingerprint density at radius 2 is 1.59 bits per heavy atom. The molecule has 0 atom stereocenters. The number of hydrogen-bond donors (Lipinski definition) is 1. The Morgan fingerprint density at radius 3 is 2.31 bits per heavy atom. The molecule has 0 saturated heterocycles. The van der Waals surface area contributed by atoms with Crippen molar-refractivity contribution >= 4 is 5.97 Å². The fourth-order valence-corrected chi connectivity index (χ4v) is 2.76. The van der Waals surface area contributed by atoms with Gasteiger partial charge in [0.25, 0.3) is 0 Å². The number of hydrogen-bond acceptors (Lipinski definition) is 3. The largest absolute Gasteiger partial charge is 0.478 e. The molecule has 0 aliphatic carbocycles. The molecule has 0 radical (unpaired) electrons. The molecule has 3 aromatic rings. The summed E-state index contributed by atoms with van der Waals surface area (Å²) in [5, 5.41) is 9.25. The van der Waals surface area contributed by atoms with E-state index < -0.39 is 5.97 Å². The highest BCUT2D eigenvalue weighted by Crippen LogP contribution is 2.33. The van der Waals surface area contributed by atoms with Gasteiger partial charge in [0.1, 0.15) is 12.4 Å². The van der Waals surface area contributed by atoms with E-state index in [-0.39, 0.29) is 12.2 Å². The SMILES string of the molecule is Cc1ccc(C#CCOc2cc(C)ccc2Oc2cc(C)cc(C(=O)O)c2)cc1. The van der Waals surface area contributed by atoms with Crippen molar-refractivity contribution in [3.05, 3.63) is 88.5 Å². The summed E-state index contributed by atoms with van der Waals surface area (Å²) in [5.74, 6) is 6.60. The van der Waals surface area contributed by atoms with Crippen LogP contribution in [0.4, 0.5) is 0 Å². The Kier molecular flexibility index (Phi) is 6.21. The molecule has 4 nitrogen and oxygen atoms in total. The number of ether oxygens (including phenoxy) is 2. The summed E-state index contributed by atoms with van der Waals surface area (Å²) in [6.07, 6.45) is 0. The third kappa shape index (κ3) is 5.63. The van der Waals surface area contributed by atoms with E-state index in [0.717, 1.165) is 16.7 Å². The maximum atomic E-state index is 11.3. The second kappa shape index (κ2) is 8.99. The Balaban J connectivity index is 1.76. The maximum absolute atomic E-state index is 11.3. The van der Waals surface area contributed by atoms with E-state index in [1.54, 1.807) is 18.2 Å². The molecular formula is C25H22O4. The molecule has 1 N–H and O–H groups in total. The first-order valence-corrected chi connectivity index (χ1v) is 9.22. The average Bonchev–Trinajstić information content (AvgIpc) is 2.68. The van der Waals surface area contributed by atoms with Crippen molar-refractivity contribution in [3.8, 4) is 29.1 Å². The van der Waals surface area contributed by atoms with Crippen LogP contribution in [0.2, 0.25) is 0 Å². The van der Waals surface area contributed by atoms with Crippen molar-refractivity contribution in [3.63, 3.8) is 0 Å². The molecule has 0 fully saturated rings.